The third-order valence-corrected chi connectivity index (χ3v) is 8.11. The zero-order chi connectivity index (χ0) is 33.3. The van der Waals surface area contributed by atoms with Gasteiger partial charge in [0.05, 0.1) is 31.2 Å². The smallest absolute Gasteiger partial charge is 0.135 e. The molecule has 0 bridgehead atoms. The molecule has 3 heterocycles. The fourth-order valence-corrected chi connectivity index (χ4v) is 5.85. The van der Waals surface area contributed by atoms with Crippen LogP contribution in [0.2, 0.25) is 0 Å². The van der Waals surface area contributed by atoms with Crippen LogP contribution >= 0.6 is 0 Å². The van der Waals surface area contributed by atoms with E-state index in [1.807, 2.05) is 44.2 Å². The second kappa shape index (κ2) is 15.9. The molecule has 0 radical (unpaired) electrons. The number of aromatic nitrogens is 2. The lowest BCUT2D eigenvalue weighted by molar-refractivity contribution is 0.0425. The number of para-hydroxylation sites is 1. The van der Waals surface area contributed by atoms with E-state index in [0.29, 0.717) is 55.1 Å². The molecule has 5 rings (SSSR count). The van der Waals surface area contributed by atoms with E-state index >= 15 is 0 Å². The maximum atomic E-state index is 14.9. The maximum Gasteiger partial charge on any atom is 0.135 e. The molecule has 0 saturated carbocycles. The first-order chi connectivity index (χ1) is 22.8. The lowest BCUT2D eigenvalue weighted by Crippen LogP contribution is -2.37. The number of rotatable bonds is 12. The van der Waals surface area contributed by atoms with Crippen molar-refractivity contribution in [1.82, 2.24) is 14.9 Å². The standard InChI is InChI=1S/C36H43F2N7O2/c1-6-25-17-33(43-35(44-34-16-23(3)41-24(4)42-34)18-26(25)22-45-12-14-46-15-13-45)36(39-5)28-10-8-9-11-32(28)40-21-29-30(37)19-27(47-7-2)20-31(29)38/h8-11,16,18-20,40H,6-7,12-15,17,21-22H2,1-5H3,(H,41,42,44). The number of aryl methyl sites for hydroxylation is 2. The molecule has 2 aliphatic rings. The highest BCUT2D eigenvalue weighted by molar-refractivity contribution is 6.50. The van der Waals surface area contributed by atoms with Crippen molar-refractivity contribution in [2.24, 2.45) is 9.98 Å². The van der Waals surface area contributed by atoms with Crippen LogP contribution in [0.1, 0.15) is 49.3 Å². The first-order valence-electron chi connectivity index (χ1n) is 16.1. The number of anilines is 2. The van der Waals surface area contributed by atoms with E-state index in [2.05, 4.69) is 38.5 Å². The molecule has 47 heavy (non-hydrogen) atoms. The minimum absolute atomic E-state index is 0.0620. The van der Waals surface area contributed by atoms with Gasteiger partial charge in [-0.05, 0) is 44.9 Å². The van der Waals surface area contributed by atoms with Crippen molar-refractivity contribution >= 4 is 22.9 Å². The Bertz CT molecular complexity index is 1670. The Balaban J connectivity index is 1.50. The van der Waals surface area contributed by atoms with Crippen LogP contribution in [-0.2, 0) is 11.3 Å². The number of benzene rings is 2. The summed E-state index contributed by atoms with van der Waals surface area (Å²) in [7, 11) is 1.74. The van der Waals surface area contributed by atoms with Gasteiger partial charge in [0.15, 0.2) is 0 Å². The number of nitrogens with one attached hydrogen (secondary N) is 2. The summed E-state index contributed by atoms with van der Waals surface area (Å²) in [5, 5.41) is 6.69. The van der Waals surface area contributed by atoms with Crippen LogP contribution in [-0.4, -0.2) is 72.8 Å². The summed E-state index contributed by atoms with van der Waals surface area (Å²) in [6.45, 7) is 11.9. The van der Waals surface area contributed by atoms with Crippen LogP contribution in [0.3, 0.4) is 0 Å². The molecule has 2 N–H and O–H groups in total. The van der Waals surface area contributed by atoms with Crippen LogP contribution < -0.4 is 15.4 Å². The van der Waals surface area contributed by atoms with Crippen molar-refractivity contribution in [3.05, 3.63) is 99.8 Å². The van der Waals surface area contributed by atoms with Crippen molar-refractivity contribution in [3.8, 4) is 5.75 Å². The van der Waals surface area contributed by atoms with Crippen LogP contribution in [0.15, 0.2) is 75.5 Å². The number of morpholine rings is 1. The molecule has 0 spiro atoms. The molecule has 3 aromatic rings. The Kier molecular flexibility index (Phi) is 11.4. The van der Waals surface area contributed by atoms with E-state index in [1.54, 1.807) is 14.0 Å². The minimum Gasteiger partial charge on any atom is -0.494 e. The number of aliphatic imine (C=N–C) groups is 2. The van der Waals surface area contributed by atoms with E-state index in [4.69, 9.17) is 19.5 Å². The van der Waals surface area contributed by atoms with Gasteiger partial charge < -0.3 is 20.1 Å². The highest BCUT2D eigenvalue weighted by Crippen LogP contribution is 2.28. The van der Waals surface area contributed by atoms with E-state index in [1.165, 1.54) is 23.3 Å². The second-order valence-corrected chi connectivity index (χ2v) is 11.5. The van der Waals surface area contributed by atoms with Crippen molar-refractivity contribution in [2.75, 3.05) is 57.1 Å². The third-order valence-electron chi connectivity index (χ3n) is 8.11. The fraction of sp³-hybridized carbons (Fsp3) is 0.389. The molecule has 2 aromatic carbocycles. The van der Waals surface area contributed by atoms with E-state index in [9.17, 15) is 8.78 Å². The van der Waals surface area contributed by atoms with Crippen LogP contribution in [0, 0.1) is 25.5 Å². The molecule has 1 saturated heterocycles. The van der Waals surface area contributed by atoms with Gasteiger partial charge in [-0.25, -0.2) is 23.7 Å². The Hall–Kier alpha value is -4.48. The van der Waals surface area contributed by atoms with Gasteiger partial charge in [0, 0.05) is 80.4 Å². The monoisotopic (exact) mass is 643 g/mol. The molecule has 248 valence electrons. The fourth-order valence-electron chi connectivity index (χ4n) is 5.85. The highest BCUT2D eigenvalue weighted by Gasteiger charge is 2.23. The number of nitrogens with zero attached hydrogens (tertiary/aromatic N) is 5. The summed E-state index contributed by atoms with van der Waals surface area (Å²) in [5.74, 6) is 0.798. The molecule has 1 aromatic heterocycles. The molecule has 0 amide bonds. The molecule has 0 aliphatic carbocycles. The van der Waals surface area contributed by atoms with E-state index in [-0.39, 0.29) is 17.9 Å². The molecule has 1 fully saturated rings. The van der Waals surface area contributed by atoms with Crippen molar-refractivity contribution in [2.45, 2.75) is 47.1 Å². The van der Waals surface area contributed by atoms with Gasteiger partial charge in [0.25, 0.3) is 0 Å². The maximum absolute atomic E-state index is 14.9. The van der Waals surface area contributed by atoms with Gasteiger partial charge in [-0.1, -0.05) is 30.7 Å². The Morgan fingerprint density at radius 3 is 2.47 bits per heavy atom. The summed E-state index contributed by atoms with van der Waals surface area (Å²) in [4.78, 5) is 21.3. The number of ether oxygens (including phenoxy) is 2. The van der Waals surface area contributed by atoms with Gasteiger partial charge in [0.2, 0.25) is 0 Å². The quantitative estimate of drug-likeness (QED) is 0.214. The van der Waals surface area contributed by atoms with Gasteiger partial charge in [0.1, 0.15) is 34.8 Å². The van der Waals surface area contributed by atoms with Gasteiger partial charge in [-0.3, -0.25) is 9.89 Å². The predicted octanol–water partition coefficient (Wildman–Crippen LogP) is 6.64. The minimum atomic E-state index is -0.669. The van der Waals surface area contributed by atoms with Gasteiger partial charge in [-0.15, -0.1) is 0 Å². The molecule has 0 atom stereocenters. The number of hydrogen-bond acceptors (Lipinski definition) is 9. The summed E-state index contributed by atoms with van der Waals surface area (Å²) < 4.78 is 40.7. The third kappa shape index (κ3) is 8.66. The van der Waals surface area contributed by atoms with Crippen LogP contribution in [0.25, 0.3) is 0 Å². The van der Waals surface area contributed by atoms with E-state index < -0.39 is 11.6 Å². The largest absolute Gasteiger partial charge is 0.494 e. The normalized spacial score (nSPS) is 16.0. The molecule has 9 nitrogen and oxygen atoms in total. The number of halogens is 2. The average molecular weight is 644 g/mol. The highest BCUT2D eigenvalue weighted by atomic mass is 19.1. The molecule has 11 heteroatoms. The zero-order valence-electron chi connectivity index (χ0n) is 27.8. The summed E-state index contributed by atoms with van der Waals surface area (Å²) in [5.41, 5.74) is 6.15. The van der Waals surface area contributed by atoms with E-state index in [0.717, 1.165) is 43.0 Å². The SMILES string of the molecule is CCOc1cc(F)c(CNc2ccccc2C(=NC)C2=NC(Nc3cc(C)nc(C)n3)=CC(CN3CCOCC3)=C(CC)C2)c(F)c1. The van der Waals surface area contributed by atoms with Crippen molar-refractivity contribution < 1.29 is 18.3 Å². The van der Waals surface area contributed by atoms with Crippen LogP contribution in [0.5, 0.6) is 5.75 Å². The molecule has 0 unspecified atom stereocenters. The summed E-state index contributed by atoms with van der Waals surface area (Å²) in [6, 6.07) is 11.9. The molecular formula is C36H43F2N7O2. The molecular weight excluding hydrogens is 600 g/mol. The Morgan fingerprint density at radius 1 is 1.04 bits per heavy atom. The van der Waals surface area contributed by atoms with Crippen LogP contribution in [0.4, 0.5) is 20.3 Å². The lowest BCUT2D eigenvalue weighted by atomic mass is 9.94. The topological polar surface area (TPSA) is 96.3 Å². The number of allylic oxidation sites excluding steroid dienone is 1. The second-order valence-electron chi connectivity index (χ2n) is 11.5. The Morgan fingerprint density at radius 2 is 1.79 bits per heavy atom. The first kappa shape index (κ1) is 33.9. The first-order valence-corrected chi connectivity index (χ1v) is 16.1. The van der Waals surface area contributed by atoms with Gasteiger partial charge in [-0.2, -0.15) is 0 Å². The average Bonchev–Trinajstić information content (AvgIpc) is 3.20. The Labute approximate surface area is 275 Å². The zero-order valence-corrected chi connectivity index (χ0v) is 27.8. The number of hydrogen-bond donors (Lipinski definition) is 2. The molecule has 2 aliphatic heterocycles. The van der Waals surface area contributed by atoms with Crippen molar-refractivity contribution in [1.29, 1.82) is 0 Å². The van der Waals surface area contributed by atoms with Crippen molar-refractivity contribution in [3.63, 3.8) is 0 Å². The summed E-state index contributed by atoms with van der Waals surface area (Å²) >= 11 is 0. The summed E-state index contributed by atoms with van der Waals surface area (Å²) in [6.07, 6.45) is 3.53. The predicted molar refractivity (Wildman–Crippen MR) is 184 cm³/mol. The van der Waals surface area contributed by atoms with Gasteiger partial charge >= 0.3 is 0 Å². The lowest BCUT2D eigenvalue weighted by Gasteiger charge is -2.27.